The summed E-state index contributed by atoms with van der Waals surface area (Å²) in [4.78, 5) is 7.37. The van der Waals surface area contributed by atoms with Gasteiger partial charge in [0.15, 0.2) is 0 Å². The van der Waals surface area contributed by atoms with Crippen LogP contribution in [0.25, 0.3) is 16.9 Å². The SMILES string of the molecule is Cc1ccc2nc(CN3CCC(c4cccc5c4OC(c4ccc(C#N)cc4F)C=C5F)CC3)n(CC3(CF)CC3)c2c1. The Hall–Kier alpha value is -4.09. The summed E-state index contributed by atoms with van der Waals surface area (Å²) >= 11 is 0. The number of piperidine rings is 1. The zero-order chi connectivity index (χ0) is 29.7. The van der Waals surface area contributed by atoms with Crippen molar-refractivity contribution >= 4 is 16.9 Å². The molecule has 0 bridgehead atoms. The minimum absolute atomic E-state index is 0.159. The summed E-state index contributed by atoms with van der Waals surface area (Å²) in [5, 5.41) is 9.09. The predicted molar refractivity (Wildman–Crippen MR) is 159 cm³/mol. The average molecular weight is 583 g/mol. The number of nitrogens with zero attached hydrogens (tertiary/aromatic N) is 4. The number of aryl methyl sites for hydroxylation is 1. The Bertz CT molecular complexity index is 1780. The van der Waals surface area contributed by atoms with E-state index in [2.05, 4.69) is 34.6 Å². The number of aromatic nitrogens is 2. The molecule has 0 amide bonds. The van der Waals surface area contributed by atoms with Gasteiger partial charge in [0.1, 0.15) is 29.3 Å². The van der Waals surface area contributed by atoms with Crippen LogP contribution < -0.4 is 4.74 Å². The molecule has 43 heavy (non-hydrogen) atoms. The molecule has 1 atom stereocenters. The largest absolute Gasteiger partial charge is 0.480 e. The van der Waals surface area contributed by atoms with Gasteiger partial charge in [-0.05, 0) is 99.1 Å². The highest BCUT2D eigenvalue weighted by Crippen LogP contribution is 2.48. The minimum Gasteiger partial charge on any atom is -0.480 e. The molecule has 8 heteroatoms. The molecule has 1 saturated heterocycles. The molecule has 3 heterocycles. The molecule has 0 N–H and O–H groups in total. The van der Waals surface area contributed by atoms with E-state index in [-0.39, 0.29) is 29.1 Å². The van der Waals surface area contributed by atoms with E-state index in [9.17, 15) is 8.78 Å². The van der Waals surface area contributed by atoms with Crippen molar-refractivity contribution in [3.05, 3.63) is 100 Å². The maximum Gasteiger partial charge on any atom is 0.148 e. The maximum atomic E-state index is 15.3. The summed E-state index contributed by atoms with van der Waals surface area (Å²) in [5.41, 5.74) is 4.64. The van der Waals surface area contributed by atoms with Crippen LogP contribution in [-0.4, -0.2) is 34.2 Å². The van der Waals surface area contributed by atoms with Crippen LogP contribution in [0.5, 0.6) is 5.75 Å². The van der Waals surface area contributed by atoms with Gasteiger partial charge >= 0.3 is 0 Å². The lowest BCUT2D eigenvalue weighted by atomic mass is 9.86. The number of hydrogen-bond acceptors (Lipinski definition) is 4. The van der Waals surface area contributed by atoms with E-state index in [4.69, 9.17) is 15.0 Å². The molecular formula is C35H33F3N4O. The van der Waals surface area contributed by atoms with E-state index >= 15 is 4.39 Å². The van der Waals surface area contributed by atoms with Gasteiger partial charge in [-0.3, -0.25) is 9.29 Å². The standard InChI is InChI=1S/C35H33F3N4O/c1-22-5-8-30-31(15-22)42(21-35(20-36)11-12-35)33(40-30)19-41-13-9-24(10-14-41)25-3-2-4-27-29(38)17-32(43-34(25)27)26-7-6-23(18-39)16-28(26)37/h2-8,15-17,24,32H,9-14,19-21H2,1H3. The average Bonchev–Trinajstić information content (AvgIpc) is 3.73. The van der Waals surface area contributed by atoms with E-state index in [0.29, 0.717) is 24.4 Å². The second-order valence-electron chi connectivity index (χ2n) is 12.4. The van der Waals surface area contributed by atoms with Crippen LogP contribution in [0.1, 0.15) is 71.3 Å². The Morgan fingerprint density at radius 3 is 2.58 bits per heavy atom. The van der Waals surface area contributed by atoms with E-state index in [1.165, 1.54) is 18.2 Å². The number of hydrogen-bond donors (Lipinski definition) is 0. The molecule has 3 aromatic carbocycles. The normalized spacial score (nSPS) is 19.9. The summed E-state index contributed by atoms with van der Waals surface area (Å²) in [6, 6.07) is 17.9. The quantitative estimate of drug-likeness (QED) is 0.222. The van der Waals surface area contributed by atoms with Crippen LogP contribution in [0, 0.1) is 29.5 Å². The van der Waals surface area contributed by atoms with Crippen molar-refractivity contribution in [2.75, 3.05) is 19.8 Å². The van der Waals surface area contributed by atoms with Gasteiger partial charge in [0.2, 0.25) is 0 Å². The lowest BCUT2D eigenvalue weighted by molar-refractivity contribution is 0.190. The molecule has 4 aromatic rings. The summed E-state index contributed by atoms with van der Waals surface area (Å²) in [6.07, 6.45) is 3.91. The molecule has 220 valence electrons. The molecule has 0 spiro atoms. The predicted octanol–water partition coefficient (Wildman–Crippen LogP) is 7.93. The highest BCUT2D eigenvalue weighted by atomic mass is 19.1. The summed E-state index contributed by atoms with van der Waals surface area (Å²) in [5.74, 6) is 0.561. The number of ether oxygens (including phenoxy) is 1. The maximum absolute atomic E-state index is 15.3. The Kier molecular flexibility index (Phi) is 7.01. The molecule has 0 radical (unpaired) electrons. The number of fused-ring (bicyclic) bond motifs is 2. The minimum atomic E-state index is -0.919. The molecule has 2 fully saturated rings. The second kappa shape index (κ2) is 10.9. The highest BCUT2D eigenvalue weighted by molar-refractivity contribution is 5.77. The van der Waals surface area contributed by atoms with E-state index in [0.717, 1.165) is 72.8 Å². The van der Waals surface area contributed by atoms with Gasteiger partial charge in [-0.15, -0.1) is 0 Å². The molecule has 1 saturated carbocycles. The molecule has 1 unspecified atom stereocenters. The van der Waals surface area contributed by atoms with Crippen LogP contribution in [0.3, 0.4) is 0 Å². The third-order valence-electron chi connectivity index (χ3n) is 9.39. The summed E-state index contributed by atoms with van der Waals surface area (Å²) in [6.45, 7) is 4.77. The fraction of sp³-hybridized carbons (Fsp3) is 0.371. The van der Waals surface area contributed by atoms with Crippen molar-refractivity contribution in [2.24, 2.45) is 5.41 Å². The molecule has 5 nitrogen and oxygen atoms in total. The van der Waals surface area contributed by atoms with Crippen molar-refractivity contribution in [1.82, 2.24) is 14.5 Å². The zero-order valence-electron chi connectivity index (χ0n) is 24.1. The molecule has 1 aliphatic carbocycles. The topological polar surface area (TPSA) is 54.1 Å². The number of halogens is 3. The third-order valence-corrected chi connectivity index (χ3v) is 9.39. The first kappa shape index (κ1) is 27.7. The number of rotatable bonds is 7. The molecule has 2 aliphatic heterocycles. The van der Waals surface area contributed by atoms with Gasteiger partial charge < -0.3 is 9.30 Å². The molecule has 7 rings (SSSR count). The lowest BCUT2D eigenvalue weighted by Crippen LogP contribution is -2.34. The van der Waals surface area contributed by atoms with E-state index in [1.54, 1.807) is 6.07 Å². The number of para-hydroxylation sites is 1. The third kappa shape index (κ3) is 5.21. The van der Waals surface area contributed by atoms with Gasteiger partial charge in [-0.2, -0.15) is 5.26 Å². The van der Waals surface area contributed by atoms with Gasteiger partial charge in [-0.25, -0.2) is 13.8 Å². The van der Waals surface area contributed by atoms with Crippen molar-refractivity contribution in [1.29, 1.82) is 5.26 Å². The van der Waals surface area contributed by atoms with Crippen LogP contribution >= 0.6 is 0 Å². The first-order valence-electron chi connectivity index (χ1n) is 15.0. The van der Waals surface area contributed by atoms with E-state index < -0.39 is 17.7 Å². The monoisotopic (exact) mass is 582 g/mol. The summed E-state index contributed by atoms with van der Waals surface area (Å²) < 4.78 is 52.5. The van der Waals surface area contributed by atoms with Crippen molar-refractivity contribution in [2.45, 2.75) is 57.7 Å². The summed E-state index contributed by atoms with van der Waals surface area (Å²) in [7, 11) is 0. The Morgan fingerprint density at radius 1 is 1.05 bits per heavy atom. The Labute approximate surface area is 249 Å². The Balaban J connectivity index is 1.09. The molecule has 1 aromatic heterocycles. The number of imidazole rings is 1. The number of benzene rings is 3. The molecule has 3 aliphatic rings. The second-order valence-corrected chi connectivity index (χ2v) is 12.4. The van der Waals surface area contributed by atoms with E-state index in [1.807, 2.05) is 18.2 Å². The van der Waals surface area contributed by atoms with Crippen LogP contribution in [0.4, 0.5) is 13.2 Å². The van der Waals surface area contributed by atoms with Crippen molar-refractivity contribution in [3.63, 3.8) is 0 Å². The highest BCUT2D eigenvalue weighted by Gasteiger charge is 2.44. The van der Waals surface area contributed by atoms with Crippen molar-refractivity contribution < 1.29 is 17.9 Å². The van der Waals surface area contributed by atoms with Crippen LogP contribution in [0.15, 0.2) is 60.7 Å². The van der Waals surface area contributed by atoms with Gasteiger partial charge in [0, 0.05) is 17.5 Å². The van der Waals surface area contributed by atoms with Crippen LogP contribution in [0.2, 0.25) is 0 Å². The Morgan fingerprint density at radius 2 is 1.86 bits per heavy atom. The van der Waals surface area contributed by atoms with Crippen molar-refractivity contribution in [3.8, 4) is 11.8 Å². The number of likely N-dealkylation sites (tertiary alicyclic amines) is 1. The first-order valence-corrected chi connectivity index (χ1v) is 15.0. The van der Waals surface area contributed by atoms with Gasteiger partial charge in [0.25, 0.3) is 0 Å². The van der Waals surface area contributed by atoms with Gasteiger partial charge in [-0.1, -0.05) is 24.3 Å². The molecular weight excluding hydrogens is 549 g/mol. The number of alkyl halides is 1. The number of nitriles is 1. The smallest absolute Gasteiger partial charge is 0.148 e. The lowest BCUT2D eigenvalue weighted by Gasteiger charge is -2.34. The van der Waals surface area contributed by atoms with Crippen LogP contribution in [-0.2, 0) is 13.1 Å². The van der Waals surface area contributed by atoms with Gasteiger partial charge in [0.05, 0.1) is 41.4 Å². The zero-order valence-corrected chi connectivity index (χ0v) is 24.1. The first-order chi connectivity index (χ1) is 20.9. The fourth-order valence-electron chi connectivity index (χ4n) is 6.59. The fourth-order valence-corrected chi connectivity index (χ4v) is 6.59.